The van der Waals surface area contributed by atoms with Gasteiger partial charge in [-0.1, -0.05) is 26.0 Å². The van der Waals surface area contributed by atoms with Crippen LogP contribution < -0.4 is 0 Å². The summed E-state index contributed by atoms with van der Waals surface area (Å²) in [7, 11) is 0. The molecular weight excluding hydrogens is 270 g/mol. The highest BCUT2D eigenvalue weighted by molar-refractivity contribution is 5.91. The normalized spacial score (nSPS) is 38.0. The number of hydrogen-bond donors (Lipinski definition) is 0. The molecule has 21 heavy (non-hydrogen) atoms. The molecule has 0 aliphatic carbocycles. The lowest BCUT2D eigenvalue weighted by Crippen LogP contribution is -2.41. The number of esters is 1. The van der Waals surface area contributed by atoms with Crippen LogP contribution >= 0.6 is 0 Å². The molecule has 3 heterocycles. The Morgan fingerprint density at radius 1 is 1.57 bits per heavy atom. The van der Waals surface area contributed by atoms with Gasteiger partial charge in [-0.25, -0.2) is 0 Å². The number of hydrogen-bond acceptors (Lipinski definition) is 4. The Morgan fingerprint density at radius 2 is 2.33 bits per heavy atom. The van der Waals surface area contributed by atoms with E-state index in [4.69, 9.17) is 9.47 Å². The highest BCUT2D eigenvalue weighted by Gasteiger charge is 2.67. The third-order valence-electron chi connectivity index (χ3n) is 4.97. The van der Waals surface area contributed by atoms with E-state index in [0.717, 1.165) is 12.8 Å². The SMILES string of the molecule is CCCOC(=O)[C@@H]1[C@H]2C(=O)N([C@H](C)CC)C[C@]23C=C[C@H]1O3. The van der Waals surface area contributed by atoms with E-state index in [1.807, 2.05) is 30.9 Å². The van der Waals surface area contributed by atoms with Gasteiger partial charge in [-0.2, -0.15) is 0 Å². The Kier molecular flexibility index (Phi) is 3.56. The first kappa shape index (κ1) is 14.6. The van der Waals surface area contributed by atoms with Crippen LogP contribution in [0.1, 0.15) is 33.6 Å². The van der Waals surface area contributed by atoms with Crippen molar-refractivity contribution in [3.8, 4) is 0 Å². The van der Waals surface area contributed by atoms with Crippen LogP contribution in [0.25, 0.3) is 0 Å². The molecule has 0 unspecified atom stereocenters. The fourth-order valence-corrected chi connectivity index (χ4v) is 3.69. The molecule has 0 aromatic rings. The maximum Gasteiger partial charge on any atom is 0.312 e. The minimum atomic E-state index is -0.610. The minimum Gasteiger partial charge on any atom is -0.465 e. The summed E-state index contributed by atoms with van der Waals surface area (Å²) in [4.78, 5) is 26.9. The van der Waals surface area contributed by atoms with Gasteiger partial charge in [0.05, 0.1) is 25.2 Å². The summed E-state index contributed by atoms with van der Waals surface area (Å²) >= 11 is 0. The lowest BCUT2D eigenvalue weighted by atomic mass is 9.77. The lowest BCUT2D eigenvalue weighted by Gasteiger charge is -2.26. The average Bonchev–Trinajstić information content (AvgIpc) is 3.12. The van der Waals surface area contributed by atoms with E-state index in [-0.39, 0.29) is 24.0 Å². The van der Waals surface area contributed by atoms with Gasteiger partial charge < -0.3 is 14.4 Å². The topological polar surface area (TPSA) is 55.8 Å². The second kappa shape index (κ2) is 5.13. The van der Waals surface area contributed by atoms with Gasteiger partial charge in [-0.3, -0.25) is 9.59 Å². The molecule has 5 heteroatoms. The molecule has 2 bridgehead atoms. The second-order valence-electron chi connectivity index (χ2n) is 6.29. The Bertz CT molecular complexity index is 489. The van der Waals surface area contributed by atoms with Crippen LogP contribution in [0.15, 0.2) is 12.2 Å². The van der Waals surface area contributed by atoms with Crippen molar-refractivity contribution in [2.75, 3.05) is 13.2 Å². The van der Waals surface area contributed by atoms with E-state index in [0.29, 0.717) is 13.2 Å². The van der Waals surface area contributed by atoms with Gasteiger partial charge in [0.1, 0.15) is 11.5 Å². The van der Waals surface area contributed by atoms with E-state index < -0.39 is 17.4 Å². The van der Waals surface area contributed by atoms with Crippen LogP contribution in [0.5, 0.6) is 0 Å². The molecule has 0 saturated carbocycles. The van der Waals surface area contributed by atoms with E-state index >= 15 is 0 Å². The van der Waals surface area contributed by atoms with Crippen molar-refractivity contribution in [1.29, 1.82) is 0 Å². The van der Waals surface area contributed by atoms with E-state index in [2.05, 4.69) is 6.92 Å². The highest BCUT2D eigenvalue weighted by Crippen LogP contribution is 2.52. The highest BCUT2D eigenvalue weighted by atomic mass is 16.6. The summed E-state index contributed by atoms with van der Waals surface area (Å²) in [5.74, 6) is -1.15. The van der Waals surface area contributed by atoms with Crippen molar-refractivity contribution >= 4 is 11.9 Å². The van der Waals surface area contributed by atoms with Gasteiger partial charge in [0.15, 0.2) is 0 Å². The fraction of sp³-hybridized carbons (Fsp3) is 0.750. The van der Waals surface area contributed by atoms with Gasteiger partial charge in [0.2, 0.25) is 5.91 Å². The summed E-state index contributed by atoms with van der Waals surface area (Å²) in [6.45, 7) is 7.00. The Morgan fingerprint density at radius 3 is 3.00 bits per heavy atom. The van der Waals surface area contributed by atoms with Gasteiger partial charge in [0, 0.05) is 6.04 Å². The molecule has 1 spiro atoms. The van der Waals surface area contributed by atoms with E-state index in [1.54, 1.807) is 0 Å². The summed E-state index contributed by atoms with van der Waals surface area (Å²) in [5, 5.41) is 0. The van der Waals surface area contributed by atoms with Crippen molar-refractivity contribution in [3.05, 3.63) is 12.2 Å². The maximum absolute atomic E-state index is 12.8. The number of carbonyl (C=O) groups excluding carboxylic acids is 2. The first-order chi connectivity index (χ1) is 10.0. The monoisotopic (exact) mass is 293 g/mol. The van der Waals surface area contributed by atoms with Gasteiger partial charge >= 0.3 is 5.97 Å². The lowest BCUT2D eigenvalue weighted by molar-refractivity contribution is -0.154. The second-order valence-corrected chi connectivity index (χ2v) is 6.29. The average molecular weight is 293 g/mol. The fourth-order valence-electron chi connectivity index (χ4n) is 3.69. The van der Waals surface area contributed by atoms with Crippen LogP contribution in [-0.2, 0) is 19.1 Å². The number of likely N-dealkylation sites (tertiary alicyclic amines) is 1. The van der Waals surface area contributed by atoms with Gasteiger partial charge in [-0.05, 0) is 19.8 Å². The molecule has 2 fully saturated rings. The largest absolute Gasteiger partial charge is 0.465 e. The summed E-state index contributed by atoms with van der Waals surface area (Å²) in [6, 6.07) is 0.167. The van der Waals surface area contributed by atoms with Crippen LogP contribution in [-0.4, -0.2) is 47.7 Å². The zero-order valence-electron chi connectivity index (χ0n) is 12.9. The van der Waals surface area contributed by atoms with E-state index in [1.165, 1.54) is 0 Å². The third kappa shape index (κ3) is 2.01. The van der Waals surface area contributed by atoms with E-state index in [9.17, 15) is 9.59 Å². The Labute approximate surface area is 125 Å². The molecule has 3 aliphatic heterocycles. The van der Waals surface area contributed by atoms with Gasteiger partial charge in [-0.15, -0.1) is 0 Å². The smallest absolute Gasteiger partial charge is 0.312 e. The van der Waals surface area contributed by atoms with Crippen LogP contribution in [0, 0.1) is 11.8 Å². The molecule has 5 nitrogen and oxygen atoms in total. The predicted molar refractivity (Wildman–Crippen MR) is 76.4 cm³/mol. The molecule has 3 rings (SSSR count). The Balaban J connectivity index is 1.85. The molecule has 0 N–H and O–H groups in total. The first-order valence-electron chi connectivity index (χ1n) is 7.88. The maximum atomic E-state index is 12.8. The van der Waals surface area contributed by atoms with Crippen molar-refractivity contribution in [1.82, 2.24) is 4.90 Å². The Hall–Kier alpha value is -1.36. The van der Waals surface area contributed by atoms with Crippen LogP contribution in [0.4, 0.5) is 0 Å². The zero-order chi connectivity index (χ0) is 15.2. The number of carbonyl (C=O) groups is 2. The first-order valence-corrected chi connectivity index (χ1v) is 7.88. The predicted octanol–water partition coefficient (Wildman–Crippen LogP) is 1.52. The van der Waals surface area contributed by atoms with Gasteiger partial charge in [0.25, 0.3) is 0 Å². The molecule has 116 valence electrons. The molecule has 0 aromatic carbocycles. The number of ether oxygens (including phenoxy) is 2. The molecule has 0 aromatic heterocycles. The third-order valence-corrected chi connectivity index (χ3v) is 4.97. The van der Waals surface area contributed by atoms with Crippen molar-refractivity contribution in [3.63, 3.8) is 0 Å². The zero-order valence-corrected chi connectivity index (χ0v) is 12.9. The molecule has 5 atom stereocenters. The molecule has 2 saturated heterocycles. The quantitative estimate of drug-likeness (QED) is 0.569. The molecule has 3 aliphatic rings. The molecule has 1 amide bonds. The summed E-state index contributed by atoms with van der Waals surface area (Å²) < 4.78 is 11.3. The van der Waals surface area contributed by atoms with Crippen molar-refractivity contribution < 1.29 is 19.1 Å². The standard InChI is InChI=1S/C16H23NO4/c1-4-8-20-15(19)12-11-6-7-16(21-11)9-17(10(3)5-2)14(18)13(12)16/h6-7,10-13H,4-5,8-9H2,1-3H3/t10-,11-,12+,13+,16-/m1/s1. The van der Waals surface area contributed by atoms with Crippen LogP contribution in [0.2, 0.25) is 0 Å². The number of rotatable bonds is 5. The molecular formula is C16H23NO4. The number of nitrogens with zero attached hydrogens (tertiary/aromatic N) is 1. The molecule has 0 radical (unpaired) electrons. The van der Waals surface area contributed by atoms with Crippen molar-refractivity contribution in [2.45, 2.75) is 51.4 Å². The minimum absolute atomic E-state index is 0.0367. The summed E-state index contributed by atoms with van der Waals surface area (Å²) in [6.07, 6.45) is 5.27. The number of fused-ring (bicyclic) bond motifs is 1. The van der Waals surface area contributed by atoms with Crippen LogP contribution in [0.3, 0.4) is 0 Å². The summed E-state index contributed by atoms with van der Waals surface area (Å²) in [5.41, 5.74) is -0.610. The number of amides is 1. The van der Waals surface area contributed by atoms with Crippen molar-refractivity contribution in [2.24, 2.45) is 11.8 Å².